The molecule has 1 aliphatic rings. The van der Waals surface area contributed by atoms with E-state index in [1.807, 2.05) is 0 Å². The van der Waals surface area contributed by atoms with Crippen molar-refractivity contribution in [1.29, 1.82) is 0 Å². The Morgan fingerprint density at radius 3 is 3.42 bits per heavy atom. The van der Waals surface area contributed by atoms with Gasteiger partial charge in [-0.05, 0) is 6.07 Å². The summed E-state index contributed by atoms with van der Waals surface area (Å²) in [4.78, 5) is 3.84. The zero-order valence-corrected chi connectivity index (χ0v) is 6.12. The van der Waals surface area contributed by atoms with E-state index in [2.05, 4.69) is 10.3 Å². The number of hydrogen-bond acceptors (Lipinski definition) is 4. The van der Waals surface area contributed by atoms with Crippen LogP contribution in [0.15, 0.2) is 12.3 Å². The van der Waals surface area contributed by atoms with E-state index in [1.165, 1.54) is 12.3 Å². The number of aliphatic hydroxyl groups excluding tert-OH is 1. The zero-order valence-electron chi connectivity index (χ0n) is 6.12. The van der Waals surface area contributed by atoms with Gasteiger partial charge in [0.25, 0.3) is 0 Å². The topological polar surface area (TPSA) is 54.4 Å². The van der Waals surface area contributed by atoms with E-state index >= 15 is 0 Å². The summed E-state index contributed by atoms with van der Waals surface area (Å²) in [5.74, 6) is -0.0341. The third-order valence-corrected chi connectivity index (χ3v) is 1.64. The number of ether oxygens (including phenoxy) is 1. The normalized spacial score (nSPS) is 21.3. The molecule has 0 aliphatic carbocycles. The summed E-state index contributed by atoms with van der Waals surface area (Å²) in [6, 6.07) is 1.25. The summed E-state index contributed by atoms with van der Waals surface area (Å²) >= 11 is 0. The highest BCUT2D eigenvalue weighted by atomic mass is 19.1. The molecule has 1 aromatic rings. The van der Waals surface area contributed by atoms with Gasteiger partial charge in [-0.1, -0.05) is 0 Å². The van der Waals surface area contributed by atoms with Crippen LogP contribution in [0.25, 0.3) is 0 Å². The molecule has 2 heterocycles. The predicted molar refractivity (Wildman–Crippen MR) is 38.6 cm³/mol. The highest BCUT2D eigenvalue weighted by molar-refractivity contribution is 5.45. The van der Waals surface area contributed by atoms with E-state index in [0.29, 0.717) is 11.4 Å². The molecule has 0 amide bonds. The number of pyridine rings is 1. The van der Waals surface area contributed by atoms with Gasteiger partial charge in [-0.2, -0.15) is 0 Å². The van der Waals surface area contributed by atoms with E-state index in [-0.39, 0.29) is 12.4 Å². The second-order valence-electron chi connectivity index (χ2n) is 2.43. The summed E-state index contributed by atoms with van der Waals surface area (Å²) < 4.78 is 17.7. The Labute approximate surface area is 68.0 Å². The second-order valence-corrected chi connectivity index (χ2v) is 2.43. The lowest BCUT2D eigenvalue weighted by atomic mass is 10.2. The van der Waals surface area contributed by atoms with Crippen LogP contribution in [0.1, 0.15) is 5.56 Å². The average Bonchev–Trinajstić information content (AvgIpc) is 2.04. The van der Waals surface area contributed by atoms with Gasteiger partial charge in [0.1, 0.15) is 11.6 Å². The van der Waals surface area contributed by atoms with E-state index < -0.39 is 6.41 Å². The first kappa shape index (κ1) is 7.45. The summed E-state index contributed by atoms with van der Waals surface area (Å²) in [5.41, 5.74) is 0.350. The average molecular weight is 170 g/mol. The van der Waals surface area contributed by atoms with Gasteiger partial charge in [0.15, 0.2) is 0 Å². The third kappa shape index (κ3) is 1.13. The second kappa shape index (κ2) is 2.69. The molecule has 1 aliphatic heterocycles. The van der Waals surface area contributed by atoms with Crippen molar-refractivity contribution < 1.29 is 14.2 Å². The molecule has 0 aromatic carbocycles. The highest BCUT2D eigenvalue weighted by Crippen LogP contribution is 2.21. The van der Waals surface area contributed by atoms with Gasteiger partial charge in [-0.3, -0.25) is 0 Å². The SMILES string of the molecule is OC1Nc2nccc(F)c2CO1. The lowest BCUT2D eigenvalue weighted by molar-refractivity contribution is -0.0942. The fraction of sp³-hybridized carbons (Fsp3) is 0.286. The Kier molecular flexibility index (Phi) is 1.67. The first-order valence-corrected chi connectivity index (χ1v) is 3.47. The van der Waals surface area contributed by atoms with Gasteiger partial charge < -0.3 is 15.2 Å². The maximum Gasteiger partial charge on any atom is 0.236 e. The summed E-state index contributed by atoms with van der Waals surface area (Å²) in [6.07, 6.45) is 0.242. The molecule has 4 nitrogen and oxygen atoms in total. The van der Waals surface area contributed by atoms with Gasteiger partial charge in [0.05, 0.1) is 12.2 Å². The van der Waals surface area contributed by atoms with Crippen molar-refractivity contribution in [1.82, 2.24) is 4.98 Å². The quantitative estimate of drug-likeness (QED) is 0.593. The number of nitrogens with zero attached hydrogens (tertiary/aromatic N) is 1. The van der Waals surface area contributed by atoms with E-state index in [4.69, 9.17) is 9.84 Å². The van der Waals surface area contributed by atoms with Gasteiger partial charge in [0.2, 0.25) is 6.41 Å². The van der Waals surface area contributed by atoms with Crippen LogP contribution in [-0.4, -0.2) is 16.5 Å². The molecule has 12 heavy (non-hydrogen) atoms. The van der Waals surface area contributed by atoms with Crippen LogP contribution in [0.2, 0.25) is 0 Å². The lowest BCUT2D eigenvalue weighted by Crippen LogP contribution is -2.28. The minimum Gasteiger partial charge on any atom is -0.351 e. The molecule has 0 spiro atoms. The van der Waals surface area contributed by atoms with E-state index in [1.54, 1.807) is 0 Å². The molecule has 0 saturated heterocycles. The Hall–Kier alpha value is -1.20. The number of anilines is 1. The van der Waals surface area contributed by atoms with E-state index in [0.717, 1.165) is 0 Å². The van der Waals surface area contributed by atoms with Gasteiger partial charge >= 0.3 is 0 Å². The summed E-state index contributed by atoms with van der Waals surface area (Å²) in [6.45, 7) is 0.0448. The number of nitrogens with one attached hydrogen (secondary N) is 1. The number of hydrogen-bond donors (Lipinski definition) is 2. The minimum atomic E-state index is -1.09. The smallest absolute Gasteiger partial charge is 0.236 e. The fourth-order valence-electron chi connectivity index (χ4n) is 1.05. The monoisotopic (exact) mass is 170 g/mol. The highest BCUT2D eigenvalue weighted by Gasteiger charge is 2.19. The third-order valence-electron chi connectivity index (χ3n) is 1.64. The Morgan fingerprint density at radius 2 is 2.58 bits per heavy atom. The molecule has 0 bridgehead atoms. The van der Waals surface area contributed by atoms with Crippen molar-refractivity contribution in [2.75, 3.05) is 5.32 Å². The molecule has 0 fully saturated rings. The molecule has 0 radical (unpaired) electrons. The number of fused-ring (bicyclic) bond motifs is 1. The number of rotatable bonds is 0. The van der Waals surface area contributed by atoms with Crippen molar-refractivity contribution >= 4 is 5.82 Å². The van der Waals surface area contributed by atoms with Crippen molar-refractivity contribution in [2.45, 2.75) is 13.0 Å². The van der Waals surface area contributed by atoms with E-state index in [9.17, 15) is 4.39 Å². The number of aromatic nitrogens is 1. The Bertz CT molecular complexity index is 305. The maximum atomic E-state index is 13.0. The summed E-state index contributed by atoms with van der Waals surface area (Å²) in [5, 5.41) is 11.4. The molecule has 1 aromatic heterocycles. The van der Waals surface area contributed by atoms with Crippen LogP contribution in [-0.2, 0) is 11.3 Å². The Morgan fingerprint density at radius 1 is 1.75 bits per heavy atom. The van der Waals surface area contributed by atoms with Gasteiger partial charge in [0, 0.05) is 6.20 Å². The van der Waals surface area contributed by atoms with Crippen LogP contribution >= 0.6 is 0 Å². The Balaban J connectivity index is 2.42. The molecular weight excluding hydrogens is 163 g/mol. The lowest BCUT2D eigenvalue weighted by Gasteiger charge is -2.22. The van der Waals surface area contributed by atoms with Crippen LogP contribution in [0.5, 0.6) is 0 Å². The maximum absolute atomic E-state index is 13.0. The first-order valence-electron chi connectivity index (χ1n) is 3.47. The predicted octanol–water partition coefficient (Wildman–Crippen LogP) is 0.439. The molecule has 2 N–H and O–H groups in total. The van der Waals surface area contributed by atoms with Crippen LogP contribution < -0.4 is 5.32 Å². The van der Waals surface area contributed by atoms with Crippen molar-refractivity contribution in [3.63, 3.8) is 0 Å². The largest absolute Gasteiger partial charge is 0.351 e. The standard InChI is InChI=1S/C7H7FN2O2/c8-5-1-2-9-6-4(5)3-12-7(11)10-6/h1-2,7,11H,3H2,(H,9,10). The van der Waals surface area contributed by atoms with Gasteiger partial charge in [-0.15, -0.1) is 0 Å². The zero-order chi connectivity index (χ0) is 8.55. The number of aliphatic hydroxyl groups is 1. The number of halogens is 1. The molecule has 0 saturated carbocycles. The molecule has 2 rings (SSSR count). The first-order chi connectivity index (χ1) is 5.77. The van der Waals surface area contributed by atoms with Gasteiger partial charge in [-0.25, -0.2) is 9.37 Å². The van der Waals surface area contributed by atoms with Crippen LogP contribution in [0, 0.1) is 5.82 Å². The van der Waals surface area contributed by atoms with Crippen LogP contribution in [0.3, 0.4) is 0 Å². The molecular formula is C7H7FN2O2. The fourth-order valence-corrected chi connectivity index (χ4v) is 1.05. The molecule has 64 valence electrons. The summed E-state index contributed by atoms with van der Waals surface area (Å²) in [7, 11) is 0. The molecule has 5 heteroatoms. The molecule has 1 atom stereocenters. The van der Waals surface area contributed by atoms with Crippen molar-refractivity contribution in [2.24, 2.45) is 0 Å². The van der Waals surface area contributed by atoms with Crippen molar-refractivity contribution in [3.8, 4) is 0 Å². The van der Waals surface area contributed by atoms with Crippen molar-refractivity contribution in [3.05, 3.63) is 23.6 Å². The minimum absolute atomic E-state index is 0.0448. The van der Waals surface area contributed by atoms with Crippen LogP contribution in [0.4, 0.5) is 10.2 Å². The molecule has 1 unspecified atom stereocenters.